The molecule has 0 unspecified atom stereocenters. The lowest BCUT2D eigenvalue weighted by molar-refractivity contribution is 0.857. The minimum absolute atomic E-state index is 0.217. The quantitative estimate of drug-likeness (QED) is 0.358. The smallest absolute Gasteiger partial charge is 0.223 e. The van der Waals surface area contributed by atoms with Gasteiger partial charge in [0.15, 0.2) is 0 Å². The molecule has 0 fully saturated rings. The monoisotopic (exact) mass is 445 g/mol. The minimum Gasteiger partial charge on any atom is -0.368 e. The maximum absolute atomic E-state index is 4.98. The Bertz CT molecular complexity index is 1240. The van der Waals surface area contributed by atoms with Gasteiger partial charge in [-0.05, 0) is 65.8 Å². The molecule has 4 rings (SSSR count). The standard InChI is InChI=1S/C24H31N9/c1-14(2)27-20-9-7-8-19-21(17-10-12-25-23(30-17)28-15(3)4)22(32-33(19)20)18-11-13-26-24(31-18)29-16(5)6/h7-16,27H,1-6H3,(H,25,28,30)(H,26,29,31). The van der Waals surface area contributed by atoms with E-state index in [1.165, 1.54) is 0 Å². The first-order valence-corrected chi connectivity index (χ1v) is 11.3. The van der Waals surface area contributed by atoms with Gasteiger partial charge in [0.2, 0.25) is 11.9 Å². The summed E-state index contributed by atoms with van der Waals surface area (Å²) >= 11 is 0. The molecule has 4 aromatic rings. The highest BCUT2D eigenvalue weighted by Crippen LogP contribution is 2.35. The second kappa shape index (κ2) is 9.40. The molecule has 33 heavy (non-hydrogen) atoms. The Morgan fingerprint density at radius 1 is 0.697 bits per heavy atom. The van der Waals surface area contributed by atoms with Crippen molar-refractivity contribution >= 4 is 23.2 Å². The maximum Gasteiger partial charge on any atom is 0.223 e. The van der Waals surface area contributed by atoms with Crippen LogP contribution < -0.4 is 16.0 Å². The van der Waals surface area contributed by atoms with Gasteiger partial charge in [-0.25, -0.2) is 24.5 Å². The van der Waals surface area contributed by atoms with Crippen LogP contribution in [0.25, 0.3) is 28.2 Å². The second-order valence-electron chi connectivity index (χ2n) is 8.86. The molecule has 172 valence electrons. The Morgan fingerprint density at radius 2 is 1.27 bits per heavy atom. The first kappa shape index (κ1) is 22.4. The molecular weight excluding hydrogens is 414 g/mol. The van der Waals surface area contributed by atoms with Crippen molar-refractivity contribution in [2.75, 3.05) is 16.0 Å². The van der Waals surface area contributed by atoms with Gasteiger partial charge in [0.05, 0.1) is 22.5 Å². The molecule has 0 saturated carbocycles. The Kier molecular flexibility index (Phi) is 6.39. The zero-order valence-corrected chi connectivity index (χ0v) is 20.0. The van der Waals surface area contributed by atoms with Crippen molar-refractivity contribution in [2.24, 2.45) is 0 Å². The molecule has 0 spiro atoms. The van der Waals surface area contributed by atoms with Crippen molar-refractivity contribution in [2.45, 2.75) is 59.7 Å². The number of aromatic nitrogens is 6. The molecule has 9 nitrogen and oxygen atoms in total. The third-order valence-corrected chi connectivity index (χ3v) is 4.74. The van der Waals surface area contributed by atoms with Crippen molar-refractivity contribution in [1.29, 1.82) is 0 Å². The highest BCUT2D eigenvalue weighted by atomic mass is 15.3. The van der Waals surface area contributed by atoms with Crippen LogP contribution in [0.5, 0.6) is 0 Å². The zero-order valence-electron chi connectivity index (χ0n) is 20.0. The Morgan fingerprint density at radius 3 is 1.88 bits per heavy atom. The molecule has 0 aliphatic rings. The highest BCUT2D eigenvalue weighted by Gasteiger charge is 2.21. The number of hydrogen-bond acceptors (Lipinski definition) is 8. The van der Waals surface area contributed by atoms with Crippen molar-refractivity contribution in [3.63, 3.8) is 0 Å². The van der Waals surface area contributed by atoms with E-state index in [4.69, 9.17) is 15.1 Å². The van der Waals surface area contributed by atoms with E-state index in [1.807, 2.05) is 34.8 Å². The molecule has 0 radical (unpaired) electrons. The molecule has 3 N–H and O–H groups in total. The average molecular weight is 446 g/mol. The molecule has 0 saturated heterocycles. The number of pyridine rings is 1. The van der Waals surface area contributed by atoms with Gasteiger partial charge in [0.1, 0.15) is 11.5 Å². The Balaban J connectivity index is 1.94. The summed E-state index contributed by atoms with van der Waals surface area (Å²) in [6.45, 7) is 12.4. The van der Waals surface area contributed by atoms with E-state index in [9.17, 15) is 0 Å². The van der Waals surface area contributed by atoms with E-state index >= 15 is 0 Å². The van der Waals surface area contributed by atoms with Crippen LogP contribution >= 0.6 is 0 Å². The van der Waals surface area contributed by atoms with Gasteiger partial charge in [0, 0.05) is 30.5 Å². The third kappa shape index (κ3) is 5.02. The van der Waals surface area contributed by atoms with Crippen molar-refractivity contribution < 1.29 is 0 Å². The number of nitrogens with zero attached hydrogens (tertiary/aromatic N) is 6. The number of anilines is 3. The fraction of sp³-hybridized carbons (Fsp3) is 0.375. The zero-order chi connectivity index (χ0) is 23.5. The van der Waals surface area contributed by atoms with Gasteiger partial charge in [-0.3, -0.25) is 0 Å². The third-order valence-electron chi connectivity index (χ3n) is 4.74. The van der Waals surface area contributed by atoms with Crippen molar-refractivity contribution in [3.8, 4) is 22.6 Å². The lowest BCUT2D eigenvalue weighted by Crippen LogP contribution is -2.13. The molecule has 0 aromatic carbocycles. The fourth-order valence-corrected chi connectivity index (χ4v) is 3.55. The molecule has 4 heterocycles. The van der Waals surface area contributed by atoms with Gasteiger partial charge < -0.3 is 16.0 Å². The second-order valence-corrected chi connectivity index (χ2v) is 8.86. The molecule has 0 aliphatic carbocycles. The van der Waals surface area contributed by atoms with E-state index in [1.54, 1.807) is 12.4 Å². The van der Waals surface area contributed by atoms with Crippen LogP contribution in [-0.4, -0.2) is 47.7 Å². The summed E-state index contributed by atoms with van der Waals surface area (Å²) in [6.07, 6.45) is 3.52. The summed E-state index contributed by atoms with van der Waals surface area (Å²) in [6, 6.07) is 10.6. The lowest BCUT2D eigenvalue weighted by Gasteiger charge is -2.11. The van der Waals surface area contributed by atoms with E-state index in [-0.39, 0.29) is 18.1 Å². The van der Waals surface area contributed by atoms with Crippen LogP contribution in [0.4, 0.5) is 17.7 Å². The predicted molar refractivity (Wildman–Crippen MR) is 134 cm³/mol. The number of nitrogens with one attached hydrogen (secondary N) is 3. The maximum atomic E-state index is 4.98. The minimum atomic E-state index is 0.217. The van der Waals surface area contributed by atoms with Gasteiger partial charge in [0.25, 0.3) is 0 Å². The summed E-state index contributed by atoms with van der Waals surface area (Å²) < 4.78 is 1.92. The van der Waals surface area contributed by atoms with E-state index in [0.717, 1.165) is 34.0 Å². The van der Waals surface area contributed by atoms with Gasteiger partial charge in [-0.1, -0.05) is 6.07 Å². The van der Waals surface area contributed by atoms with Crippen LogP contribution in [0.1, 0.15) is 41.5 Å². The van der Waals surface area contributed by atoms with E-state index < -0.39 is 0 Å². The molecule has 4 aromatic heterocycles. The Labute approximate surface area is 194 Å². The largest absolute Gasteiger partial charge is 0.368 e. The van der Waals surface area contributed by atoms with Crippen molar-refractivity contribution in [1.82, 2.24) is 29.5 Å². The van der Waals surface area contributed by atoms with Gasteiger partial charge in [-0.15, -0.1) is 0 Å². The van der Waals surface area contributed by atoms with Crippen LogP contribution in [0.3, 0.4) is 0 Å². The Hall–Kier alpha value is -3.75. The van der Waals surface area contributed by atoms with Crippen LogP contribution in [-0.2, 0) is 0 Å². The normalized spacial score (nSPS) is 11.5. The molecule has 9 heteroatoms. The van der Waals surface area contributed by atoms with Gasteiger partial charge in [-0.2, -0.15) is 5.10 Å². The number of rotatable bonds is 8. The summed E-state index contributed by atoms with van der Waals surface area (Å²) in [7, 11) is 0. The van der Waals surface area contributed by atoms with Crippen molar-refractivity contribution in [3.05, 3.63) is 42.7 Å². The summed E-state index contributed by atoms with van der Waals surface area (Å²) in [5, 5.41) is 15.0. The van der Waals surface area contributed by atoms with E-state index in [0.29, 0.717) is 11.9 Å². The number of hydrogen-bond donors (Lipinski definition) is 3. The average Bonchev–Trinajstić information content (AvgIpc) is 3.13. The van der Waals surface area contributed by atoms with Gasteiger partial charge >= 0.3 is 0 Å². The SMILES string of the molecule is CC(C)Nc1nccc(-c2nn3c(NC(C)C)cccc3c2-c2ccnc(NC(C)C)n2)n1. The lowest BCUT2D eigenvalue weighted by atomic mass is 10.1. The molecule has 0 amide bonds. The van der Waals surface area contributed by atoms with Crippen LogP contribution in [0.2, 0.25) is 0 Å². The molecule has 0 bridgehead atoms. The number of fused-ring (bicyclic) bond motifs is 1. The molecular formula is C24H31N9. The summed E-state index contributed by atoms with van der Waals surface area (Å²) in [4.78, 5) is 18.3. The highest BCUT2D eigenvalue weighted by molar-refractivity contribution is 5.91. The van der Waals surface area contributed by atoms with Crippen LogP contribution in [0.15, 0.2) is 42.7 Å². The first-order chi connectivity index (χ1) is 15.8. The molecule has 0 atom stereocenters. The van der Waals surface area contributed by atoms with Crippen LogP contribution in [0, 0.1) is 0 Å². The topological polar surface area (TPSA) is 105 Å². The van der Waals surface area contributed by atoms with E-state index in [2.05, 4.69) is 67.5 Å². The molecule has 0 aliphatic heterocycles. The predicted octanol–water partition coefficient (Wildman–Crippen LogP) is 4.71. The summed E-state index contributed by atoms with van der Waals surface area (Å²) in [5.41, 5.74) is 4.06. The first-order valence-electron chi connectivity index (χ1n) is 11.3. The summed E-state index contributed by atoms with van der Waals surface area (Å²) in [5.74, 6) is 2.05. The fourth-order valence-electron chi connectivity index (χ4n) is 3.55.